The molecule has 3 atom stereocenters. The zero-order valence-electron chi connectivity index (χ0n) is 8.95. The molecule has 82 valence electrons. The normalized spacial score (nSPS) is 25.8. The van der Waals surface area contributed by atoms with Crippen LogP contribution in [0.1, 0.15) is 20.3 Å². The van der Waals surface area contributed by atoms with E-state index in [9.17, 15) is 4.79 Å². The third-order valence-electron chi connectivity index (χ3n) is 2.79. The molecule has 1 aliphatic rings. The van der Waals surface area contributed by atoms with Crippen molar-refractivity contribution >= 4 is 5.91 Å². The second-order valence-electron chi connectivity index (χ2n) is 4.12. The van der Waals surface area contributed by atoms with Crippen molar-refractivity contribution in [2.75, 3.05) is 19.8 Å². The molecule has 1 heterocycles. The van der Waals surface area contributed by atoms with Gasteiger partial charge in [0, 0.05) is 31.0 Å². The minimum atomic E-state index is -0.114. The molecular weight excluding hydrogens is 180 g/mol. The lowest BCUT2D eigenvalue weighted by molar-refractivity contribution is -0.125. The van der Waals surface area contributed by atoms with Gasteiger partial charge in [0.15, 0.2) is 0 Å². The van der Waals surface area contributed by atoms with Crippen LogP contribution in [0.3, 0.4) is 0 Å². The Balaban J connectivity index is 2.19. The molecule has 0 spiro atoms. The lowest BCUT2D eigenvalue weighted by Crippen LogP contribution is -2.40. The van der Waals surface area contributed by atoms with Crippen molar-refractivity contribution in [2.24, 2.45) is 17.6 Å². The molecule has 1 saturated heterocycles. The molecule has 1 fully saturated rings. The Bertz CT molecular complexity index is 189. The zero-order valence-corrected chi connectivity index (χ0v) is 8.95. The Morgan fingerprint density at radius 1 is 1.64 bits per heavy atom. The first-order valence-corrected chi connectivity index (χ1v) is 5.22. The second-order valence-corrected chi connectivity index (χ2v) is 4.12. The Morgan fingerprint density at radius 3 is 2.86 bits per heavy atom. The van der Waals surface area contributed by atoms with Crippen LogP contribution in [0.15, 0.2) is 0 Å². The van der Waals surface area contributed by atoms with E-state index in [4.69, 9.17) is 10.5 Å². The van der Waals surface area contributed by atoms with Crippen LogP contribution in [-0.2, 0) is 9.53 Å². The quantitative estimate of drug-likeness (QED) is 0.677. The van der Waals surface area contributed by atoms with Crippen LogP contribution >= 0.6 is 0 Å². The van der Waals surface area contributed by atoms with E-state index >= 15 is 0 Å². The summed E-state index contributed by atoms with van der Waals surface area (Å²) in [7, 11) is 0. The van der Waals surface area contributed by atoms with E-state index in [0.717, 1.165) is 26.2 Å². The van der Waals surface area contributed by atoms with E-state index in [1.165, 1.54) is 0 Å². The van der Waals surface area contributed by atoms with Crippen molar-refractivity contribution in [3.8, 4) is 0 Å². The standard InChI is InChI=1S/C10H20N2O2/c1-7(8(2)11)10(13)12-5-9-3-4-14-6-9/h7-9H,3-6,11H2,1-2H3,(H,12,13). The van der Waals surface area contributed by atoms with Gasteiger partial charge in [0.25, 0.3) is 0 Å². The molecule has 0 aromatic carbocycles. The maximum atomic E-state index is 11.5. The minimum Gasteiger partial charge on any atom is -0.381 e. The summed E-state index contributed by atoms with van der Waals surface area (Å²) < 4.78 is 5.22. The lowest BCUT2D eigenvalue weighted by Gasteiger charge is -2.16. The third-order valence-corrected chi connectivity index (χ3v) is 2.79. The number of carbonyl (C=O) groups excluding carboxylic acids is 1. The van der Waals surface area contributed by atoms with Gasteiger partial charge in [-0.3, -0.25) is 4.79 Å². The number of carbonyl (C=O) groups is 1. The Labute approximate surface area is 85.2 Å². The molecule has 1 aliphatic heterocycles. The van der Waals surface area contributed by atoms with Gasteiger partial charge >= 0.3 is 0 Å². The first kappa shape index (κ1) is 11.5. The van der Waals surface area contributed by atoms with E-state index in [1.54, 1.807) is 0 Å². The summed E-state index contributed by atoms with van der Waals surface area (Å²) >= 11 is 0. The van der Waals surface area contributed by atoms with Crippen molar-refractivity contribution in [2.45, 2.75) is 26.3 Å². The summed E-state index contributed by atoms with van der Waals surface area (Å²) in [6.07, 6.45) is 1.05. The van der Waals surface area contributed by atoms with E-state index < -0.39 is 0 Å². The maximum absolute atomic E-state index is 11.5. The third kappa shape index (κ3) is 3.27. The molecule has 1 amide bonds. The molecule has 1 rings (SSSR count). The van der Waals surface area contributed by atoms with Gasteiger partial charge in [0.1, 0.15) is 0 Å². The minimum absolute atomic E-state index is 0.0481. The lowest BCUT2D eigenvalue weighted by atomic mass is 10.0. The Hall–Kier alpha value is -0.610. The molecule has 3 N–H and O–H groups in total. The van der Waals surface area contributed by atoms with E-state index in [0.29, 0.717) is 5.92 Å². The smallest absolute Gasteiger partial charge is 0.224 e. The van der Waals surface area contributed by atoms with E-state index in [1.807, 2.05) is 13.8 Å². The van der Waals surface area contributed by atoms with Crippen LogP contribution in [0.25, 0.3) is 0 Å². The van der Waals surface area contributed by atoms with Crippen molar-refractivity contribution in [3.05, 3.63) is 0 Å². The van der Waals surface area contributed by atoms with Crippen molar-refractivity contribution in [1.82, 2.24) is 5.32 Å². The van der Waals surface area contributed by atoms with Crippen LogP contribution in [0, 0.1) is 11.8 Å². The van der Waals surface area contributed by atoms with Crippen LogP contribution in [0.4, 0.5) is 0 Å². The Kier molecular flexibility index (Phi) is 4.35. The highest BCUT2D eigenvalue weighted by atomic mass is 16.5. The van der Waals surface area contributed by atoms with Gasteiger partial charge in [-0.05, 0) is 13.3 Å². The van der Waals surface area contributed by atoms with Gasteiger partial charge in [-0.25, -0.2) is 0 Å². The van der Waals surface area contributed by atoms with Gasteiger partial charge in [0.05, 0.1) is 6.61 Å². The van der Waals surface area contributed by atoms with E-state index in [-0.39, 0.29) is 17.9 Å². The highest BCUT2D eigenvalue weighted by Crippen LogP contribution is 2.11. The van der Waals surface area contributed by atoms with Crippen molar-refractivity contribution in [3.63, 3.8) is 0 Å². The summed E-state index contributed by atoms with van der Waals surface area (Å²) in [6, 6.07) is -0.0881. The van der Waals surface area contributed by atoms with Crippen molar-refractivity contribution in [1.29, 1.82) is 0 Å². The summed E-state index contributed by atoms with van der Waals surface area (Å²) in [4.78, 5) is 11.5. The molecular formula is C10H20N2O2. The molecule has 0 bridgehead atoms. The fourth-order valence-corrected chi connectivity index (χ4v) is 1.39. The number of ether oxygens (including phenoxy) is 1. The highest BCUT2D eigenvalue weighted by Gasteiger charge is 2.20. The molecule has 0 aliphatic carbocycles. The fourth-order valence-electron chi connectivity index (χ4n) is 1.39. The summed E-state index contributed by atoms with van der Waals surface area (Å²) in [5, 5.41) is 2.91. The zero-order chi connectivity index (χ0) is 10.6. The Morgan fingerprint density at radius 2 is 2.36 bits per heavy atom. The average Bonchev–Trinajstić information content (AvgIpc) is 2.65. The van der Waals surface area contributed by atoms with Crippen LogP contribution < -0.4 is 11.1 Å². The number of hydrogen-bond donors (Lipinski definition) is 2. The first-order chi connectivity index (χ1) is 6.61. The van der Waals surface area contributed by atoms with Gasteiger partial charge < -0.3 is 15.8 Å². The largest absolute Gasteiger partial charge is 0.381 e. The number of nitrogens with one attached hydrogen (secondary N) is 1. The van der Waals surface area contributed by atoms with Crippen molar-refractivity contribution < 1.29 is 9.53 Å². The number of rotatable bonds is 4. The van der Waals surface area contributed by atoms with E-state index in [2.05, 4.69) is 5.32 Å². The fraction of sp³-hybridized carbons (Fsp3) is 0.900. The molecule has 0 aromatic heterocycles. The van der Waals surface area contributed by atoms with Crippen LogP contribution in [0.5, 0.6) is 0 Å². The molecule has 0 aromatic rings. The van der Waals surface area contributed by atoms with Gasteiger partial charge in [0.2, 0.25) is 5.91 Å². The van der Waals surface area contributed by atoms with Gasteiger partial charge in [-0.2, -0.15) is 0 Å². The molecule has 0 radical (unpaired) electrons. The second kappa shape index (κ2) is 5.32. The SMILES string of the molecule is CC(N)C(C)C(=O)NCC1CCOC1. The first-order valence-electron chi connectivity index (χ1n) is 5.22. The molecule has 0 saturated carbocycles. The molecule has 3 unspecified atom stereocenters. The van der Waals surface area contributed by atoms with Crippen LogP contribution in [0.2, 0.25) is 0 Å². The predicted octanol–water partition coefficient (Wildman–Crippen LogP) is 0.122. The highest BCUT2D eigenvalue weighted by molar-refractivity contribution is 5.78. The summed E-state index contributed by atoms with van der Waals surface area (Å²) in [6.45, 7) is 6.01. The van der Waals surface area contributed by atoms with Gasteiger partial charge in [-0.1, -0.05) is 6.92 Å². The topological polar surface area (TPSA) is 64.4 Å². The number of hydrogen-bond acceptors (Lipinski definition) is 3. The number of nitrogens with two attached hydrogens (primary N) is 1. The predicted molar refractivity (Wildman–Crippen MR) is 54.7 cm³/mol. The summed E-state index contributed by atoms with van der Waals surface area (Å²) in [5.74, 6) is 0.420. The van der Waals surface area contributed by atoms with Gasteiger partial charge in [-0.15, -0.1) is 0 Å². The molecule has 4 nitrogen and oxygen atoms in total. The average molecular weight is 200 g/mol. The monoisotopic (exact) mass is 200 g/mol. The number of amides is 1. The maximum Gasteiger partial charge on any atom is 0.224 e. The van der Waals surface area contributed by atoms with Crippen LogP contribution in [-0.4, -0.2) is 31.7 Å². The molecule has 4 heteroatoms. The molecule has 14 heavy (non-hydrogen) atoms. The summed E-state index contributed by atoms with van der Waals surface area (Å²) in [5.41, 5.74) is 5.64.